The van der Waals surface area contributed by atoms with Gasteiger partial charge in [0.1, 0.15) is 0 Å². The molecule has 4 nitrogen and oxygen atoms in total. The van der Waals surface area contributed by atoms with Crippen molar-refractivity contribution in [2.75, 3.05) is 0 Å². The number of aryl methyl sites for hydroxylation is 1. The van der Waals surface area contributed by atoms with Gasteiger partial charge in [-0.2, -0.15) is 0 Å². The molecule has 0 unspecified atom stereocenters. The highest BCUT2D eigenvalue weighted by Gasteiger charge is 2.09. The van der Waals surface area contributed by atoms with Crippen LogP contribution in [0.1, 0.15) is 11.3 Å². The largest absolute Gasteiger partial charge is 0.361 e. The van der Waals surface area contributed by atoms with Crippen molar-refractivity contribution >= 4 is 21.7 Å². The van der Waals surface area contributed by atoms with Crippen molar-refractivity contribution in [2.24, 2.45) is 0 Å². The first kappa shape index (κ1) is 12.8. The van der Waals surface area contributed by atoms with Gasteiger partial charge in [0.05, 0.1) is 11.9 Å². The van der Waals surface area contributed by atoms with Crippen LogP contribution in [0.2, 0.25) is 0 Å². The minimum atomic E-state index is 0.00776. The second kappa shape index (κ2) is 4.84. The number of fused-ring (bicyclic) bond motifs is 2. The van der Waals surface area contributed by atoms with Gasteiger partial charge in [-0.3, -0.25) is 9.78 Å². The van der Waals surface area contributed by atoms with E-state index in [2.05, 4.69) is 16.0 Å². The van der Waals surface area contributed by atoms with Crippen LogP contribution < -0.4 is 5.56 Å². The van der Waals surface area contributed by atoms with Crippen molar-refractivity contribution < 1.29 is 0 Å². The molecule has 22 heavy (non-hydrogen) atoms. The molecule has 0 spiro atoms. The number of benzene rings is 1. The SMILES string of the molecule is Cc1cc2ccncc2c(=O)n1Cc1c[nH]c2ccccc12. The molecule has 0 aliphatic heterocycles. The standard InChI is InChI=1S/C18H15N3O/c1-12-8-13-6-7-19-10-16(13)18(22)21(12)11-14-9-20-17-5-3-2-4-15(14)17/h2-10,20H,11H2,1H3. The maximum absolute atomic E-state index is 12.7. The van der Waals surface area contributed by atoms with Crippen molar-refractivity contribution in [2.45, 2.75) is 13.5 Å². The summed E-state index contributed by atoms with van der Waals surface area (Å²) in [6, 6.07) is 12.0. The molecule has 0 saturated heterocycles. The van der Waals surface area contributed by atoms with Crippen molar-refractivity contribution in [3.8, 4) is 0 Å². The summed E-state index contributed by atoms with van der Waals surface area (Å²) in [6.45, 7) is 2.52. The maximum atomic E-state index is 12.7. The minimum absolute atomic E-state index is 0.00776. The van der Waals surface area contributed by atoms with E-state index in [0.717, 1.165) is 27.5 Å². The Labute approximate surface area is 127 Å². The van der Waals surface area contributed by atoms with Crippen LogP contribution >= 0.6 is 0 Å². The number of H-pyrrole nitrogens is 1. The highest BCUT2D eigenvalue weighted by atomic mass is 16.1. The molecule has 1 aromatic carbocycles. The summed E-state index contributed by atoms with van der Waals surface area (Å²) in [5, 5.41) is 2.75. The van der Waals surface area contributed by atoms with Crippen LogP contribution in [-0.4, -0.2) is 14.5 Å². The summed E-state index contributed by atoms with van der Waals surface area (Å²) in [7, 11) is 0. The zero-order chi connectivity index (χ0) is 15.1. The van der Waals surface area contributed by atoms with E-state index in [4.69, 9.17) is 0 Å². The number of hydrogen-bond donors (Lipinski definition) is 1. The summed E-state index contributed by atoms with van der Waals surface area (Å²) >= 11 is 0. The molecule has 0 aliphatic rings. The van der Waals surface area contributed by atoms with E-state index < -0.39 is 0 Å². The van der Waals surface area contributed by atoms with Crippen molar-refractivity contribution in [3.05, 3.63) is 76.6 Å². The van der Waals surface area contributed by atoms with Gasteiger partial charge in [-0.05, 0) is 36.1 Å². The predicted molar refractivity (Wildman–Crippen MR) is 88.1 cm³/mol. The number of aromatic amines is 1. The summed E-state index contributed by atoms with van der Waals surface area (Å²) in [5.41, 5.74) is 3.16. The molecule has 0 aliphatic carbocycles. The predicted octanol–water partition coefficient (Wildman–Crippen LogP) is 3.23. The molecule has 3 aromatic heterocycles. The van der Waals surface area contributed by atoms with E-state index >= 15 is 0 Å². The van der Waals surface area contributed by atoms with Crippen LogP contribution in [0.25, 0.3) is 21.7 Å². The Bertz CT molecular complexity index is 1040. The van der Waals surface area contributed by atoms with Crippen LogP contribution in [-0.2, 0) is 6.54 Å². The summed E-state index contributed by atoms with van der Waals surface area (Å²) in [5.74, 6) is 0. The average Bonchev–Trinajstić information content (AvgIpc) is 2.95. The quantitative estimate of drug-likeness (QED) is 0.616. The number of aromatic nitrogens is 3. The lowest BCUT2D eigenvalue weighted by Crippen LogP contribution is -2.23. The molecule has 4 aromatic rings. The van der Waals surface area contributed by atoms with Gasteiger partial charge < -0.3 is 9.55 Å². The molecule has 0 fully saturated rings. The average molecular weight is 289 g/mol. The lowest BCUT2D eigenvalue weighted by Gasteiger charge is -2.11. The molecular weight excluding hydrogens is 274 g/mol. The van der Waals surface area contributed by atoms with Gasteiger partial charge in [-0.15, -0.1) is 0 Å². The molecule has 1 N–H and O–H groups in total. The third-order valence-corrected chi connectivity index (χ3v) is 4.12. The van der Waals surface area contributed by atoms with Gasteiger partial charge in [0.25, 0.3) is 5.56 Å². The van der Waals surface area contributed by atoms with Gasteiger partial charge in [0.2, 0.25) is 0 Å². The Balaban J connectivity index is 1.90. The van der Waals surface area contributed by atoms with Gasteiger partial charge in [0, 0.05) is 35.2 Å². The van der Waals surface area contributed by atoms with E-state index in [-0.39, 0.29) is 5.56 Å². The van der Waals surface area contributed by atoms with Crippen LogP contribution in [0.3, 0.4) is 0 Å². The fourth-order valence-electron chi connectivity index (χ4n) is 2.95. The van der Waals surface area contributed by atoms with E-state index in [0.29, 0.717) is 11.9 Å². The molecule has 0 atom stereocenters. The first-order valence-electron chi connectivity index (χ1n) is 7.23. The number of pyridine rings is 2. The van der Waals surface area contributed by atoms with Crippen molar-refractivity contribution in [3.63, 3.8) is 0 Å². The Morgan fingerprint density at radius 2 is 2.05 bits per heavy atom. The van der Waals surface area contributed by atoms with Crippen LogP contribution in [0.4, 0.5) is 0 Å². The minimum Gasteiger partial charge on any atom is -0.361 e. The van der Waals surface area contributed by atoms with Crippen LogP contribution in [0, 0.1) is 6.92 Å². The van der Waals surface area contributed by atoms with Gasteiger partial charge >= 0.3 is 0 Å². The number of para-hydroxylation sites is 1. The molecular formula is C18H15N3O. The Morgan fingerprint density at radius 3 is 2.95 bits per heavy atom. The Kier molecular flexibility index (Phi) is 2.82. The highest BCUT2D eigenvalue weighted by molar-refractivity contribution is 5.83. The maximum Gasteiger partial charge on any atom is 0.260 e. The van der Waals surface area contributed by atoms with Crippen molar-refractivity contribution in [1.82, 2.24) is 14.5 Å². The van der Waals surface area contributed by atoms with E-state index in [1.807, 2.05) is 43.5 Å². The van der Waals surface area contributed by atoms with E-state index in [9.17, 15) is 4.79 Å². The molecule has 4 heteroatoms. The smallest absolute Gasteiger partial charge is 0.260 e. The Hall–Kier alpha value is -2.88. The summed E-state index contributed by atoms with van der Waals surface area (Å²) in [4.78, 5) is 20.1. The number of hydrogen-bond acceptors (Lipinski definition) is 2. The third kappa shape index (κ3) is 1.92. The van der Waals surface area contributed by atoms with Gasteiger partial charge in [-0.1, -0.05) is 18.2 Å². The first-order valence-corrected chi connectivity index (χ1v) is 7.23. The van der Waals surface area contributed by atoms with Crippen molar-refractivity contribution in [1.29, 1.82) is 0 Å². The first-order chi connectivity index (χ1) is 10.7. The van der Waals surface area contributed by atoms with Gasteiger partial charge in [-0.25, -0.2) is 0 Å². The lowest BCUT2D eigenvalue weighted by atomic mass is 10.1. The zero-order valence-electron chi connectivity index (χ0n) is 12.2. The molecule has 0 bridgehead atoms. The van der Waals surface area contributed by atoms with Crippen LogP contribution in [0.5, 0.6) is 0 Å². The van der Waals surface area contributed by atoms with E-state index in [1.54, 1.807) is 17.0 Å². The number of nitrogens with one attached hydrogen (secondary N) is 1. The second-order valence-electron chi connectivity index (χ2n) is 5.50. The van der Waals surface area contributed by atoms with Crippen LogP contribution in [0.15, 0.2) is 59.8 Å². The molecule has 4 rings (SSSR count). The molecule has 0 amide bonds. The molecule has 108 valence electrons. The Morgan fingerprint density at radius 1 is 1.18 bits per heavy atom. The highest BCUT2D eigenvalue weighted by Crippen LogP contribution is 2.19. The molecule has 0 saturated carbocycles. The summed E-state index contributed by atoms with van der Waals surface area (Å²) in [6.07, 6.45) is 5.33. The molecule has 0 radical (unpaired) electrons. The third-order valence-electron chi connectivity index (χ3n) is 4.12. The zero-order valence-corrected chi connectivity index (χ0v) is 12.2. The lowest BCUT2D eigenvalue weighted by molar-refractivity contribution is 0.742. The number of rotatable bonds is 2. The fourth-order valence-corrected chi connectivity index (χ4v) is 2.95. The molecule has 3 heterocycles. The normalized spacial score (nSPS) is 11.3. The van der Waals surface area contributed by atoms with Gasteiger partial charge in [0.15, 0.2) is 0 Å². The fraction of sp³-hybridized carbons (Fsp3) is 0.111. The van der Waals surface area contributed by atoms with E-state index in [1.165, 1.54) is 0 Å². The summed E-state index contributed by atoms with van der Waals surface area (Å²) < 4.78 is 1.81. The second-order valence-corrected chi connectivity index (χ2v) is 5.50. The topological polar surface area (TPSA) is 50.7 Å². The monoisotopic (exact) mass is 289 g/mol. The number of nitrogens with zero attached hydrogens (tertiary/aromatic N) is 2.